The van der Waals surface area contributed by atoms with Gasteiger partial charge in [-0.25, -0.2) is 0 Å². The number of halogens is 1. The summed E-state index contributed by atoms with van der Waals surface area (Å²) in [6.45, 7) is 8.36. The Kier molecular flexibility index (Phi) is 5.47. The van der Waals surface area contributed by atoms with E-state index < -0.39 is 22.2 Å². The fourth-order valence-corrected chi connectivity index (χ4v) is 4.31. The number of piperazine rings is 1. The highest BCUT2D eigenvalue weighted by Crippen LogP contribution is 2.28. The molecule has 0 radical (unpaired) electrons. The Morgan fingerprint density at radius 3 is 2.17 bits per heavy atom. The lowest BCUT2D eigenvalue weighted by molar-refractivity contribution is 0.232. The van der Waals surface area contributed by atoms with Crippen LogP contribution < -0.4 is 10.8 Å². The van der Waals surface area contributed by atoms with Crippen molar-refractivity contribution in [2.24, 2.45) is 0 Å². The Bertz CT molecular complexity index is 703. The van der Waals surface area contributed by atoms with Crippen LogP contribution in [0.4, 0.5) is 3.89 Å². The van der Waals surface area contributed by atoms with E-state index in [9.17, 15) is 22.4 Å². The lowest BCUT2D eigenvalue weighted by Crippen LogP contribution is -2.44. The zero-order valence-electron chi connectivity index (χ0n) is 13.6. The molecule has 3 N–H and O–H groups in total. The molecule has 23 heavy (non-hydrogen) atoms. The molecule has 0 unspecified atom stereocenters. The van der Waals surface area contributed by atoms with E-state index >= 15 is 0 Å². The maximum Gasteiger partial charge on any atom is 0.489 e. The van der Waals surface area contributed by atoms with Crippen LogP contribution in [0.5, 0.6) is 0 Å². The Hall–Kier alpha value is -0.995. The molecule has 1 aliphatic rings. The molecule has 0 amide bonds. The van der Waals surface area contributed by atoms with Crippen molar-refractivity contribution in [2.45, 2.75) is 32.2 Å². The Morgan fingerprint density at radius 2 is 1.70 bits per heavy atom. The molecule has 1 aromatic rings. The minimum absolute atomic E-state index is 0.0570. The monoisotopic (exact) mass is 344 g/mol. The molecule has 0 aliphatic carbocycles. The lowest BCUT2D eigenvalue weighted by atomic mass is 9.72. The summed E-state index contributed by atoms with van der Waals surface area (Å²) in [6.07, 6.45) is 0. The van der Waals surface area contributed by atoms with Crippen LogP contribution in [0.3, 0.4) is 0 Å². The average Bonchev–Trinajstić information content (AvgIpc) is 2.42. The molecule has 6 nitrogen and oxygen atoms in total. The minimum Gasteiger partial charge on any atom is -0.423 e. The van der Waals surface area contributed by atoms with Gasteiger partial charge in [-0.05, 0) is 48.5 Å². The van der Waals surface area contributed by atoms with Gasteiger partial charge in [0.25, 0.3) is 0 Å². The van der Waals surface area contributed by atoms with Gasteiger partial charge in [0.15, 0.2) is 0 Å². The molecular formula is C14H22BFN2O4S. The van der Waals surface area contributed by atoms with Gasteiger partial charge in [-0.3, -0.25) is 4.90 Å². The van der Waals surface area contributed by atoms with Crippen molar-refractivity contribution in [1.29, 1.82) is 0 Å². The van der Waals surface area contributed by atoms with E-state index in [1.807, 2.05) is 0 Å². The zero-order chi connectivity index (χ0) is 17.4. The maximum absolute atomic E-state index is 13.8. The first-order valence-electron chi connectivity index (χ1n) is 7.51. The van der Waals surface area contributed by atoms with Crippen molar-refractivity contribution < 1.29 is 22.4 Å². The molecule has 1 aromatic carbocycles. The van der Waals surface area contributed by atoms with Crippen molar-refractivity contribution in [2.75, 3.05) is 26.2 Å². The van der Waals surface area contributed by atoms with Crippen molar-refractivity contribution in [1.82, 2.24) is 10.2 Å². The van der Waals surface area contributed by atoms with E-state index in [2.05, 4.69) is 10.2 Å². The van der Waals surface area contributed by atoms with Crippen LogP contribution in [-0.4, -0.2) is 56.7 Å². The van der Waals surface area contributed by atoms with Crippen LogP contribution in [0.1, 0.15) is 22.3 Å². The van der Waals surface area contributed by atoms with Crippen LogP contribution in [0, 0.1) is 20.8 Å². The Labute approximate surface area is 136 Å². The van der Waals surface area contributed by atoms with Gasteiger partial charge >= 0.3 is 17.3 Å². The largest absolute Gasteiger partial charge is 0.489 e. The van der Waals surface area contributed by atoms with E-state index in [1.54, 1.807) is 13.8 Å². The fourth-order valence-electron chi connectivity index (χ4n) is 3.35. The van der Waals surface area contributed by atoms with Crippen LogP contribution in [0.25, 0.3) is 0 Å². The van der Waals surface area contributed by atoms with E-state index in [1.165, 1.54) is 6.92 Å². The van der Waals surface area contributed by atoms with Gasteiger partial charge in [0.1, 0.15) is 4.90 Å². The van der Waals surface area contributed by atoms with Crippen LogP contribution in [0.15, 0.2) is 4.90 Å². The quantitative estimate of drug-likeness (QED) is 0.497. The second-order valence-electron chi connectivity index (χ2n) is 5.93. The topological polar surface area (TPSA) is 89.9 Å². The predicted molar refractivity (Wildman–Crippen MR) is 86.9 cm³/mol. The average molecular weight is 344 g/mol. The van der Waals surface area contributed by atoms with Gasteiger partial charge in [-0.2, -0.15) is 8.42 Å². The number of nitrogens with zero attached hydrogens (tertiary/aromatic N) is 1. The van der Waals surface area contributed by atoms with Crippen molar-refractivity contribution in [3.05, 3.63) is 22.3 Å². The van der Waals surface area contributed by atoms with Crippen molar-refractivity contribution in [3.8, 4) is 0 Å². The highest BCUT2D eigenvalue weighted by molar-refractivity contribution is 7.86. The summed E-state index contributed by atoms with van der Waals surface area (Å²) in [5.41, 5.74) is 1.70. The summed E-state index contributed by atoms with van der Waals surface area (Å²) < 4.78 is 36.9. The number of rotatable bonds is 4. The molecule has 0 spiro atoms. The van der Waals surface area contributed by atoms with Gasteiger partial charge in [0.05, 0.1) is 0 Å². The zero-order valence-corrected chi connectivity index (χ0v) is 14.4. The third kappa shape index (κ3) is 3.75. The molecule has 128 valence electrons. The summed E-state index contributed by atoms with van der Waals surface area (Å²) in [5, 5.41) is 22.4. The Morgan fingerprint density at radius 1 is 1.13 bits per heavy atom. The first kappa shape index (κ1) is 18.3. The maximum atomic E-state index is 13.8. The molecule has 1 fully saturated rings. The van der Waals surface area contributed by atoms with Gasteiger partial charge in [-0.15, -0.1) is 3.89 Å². The molecule has 0 saturated carbocycles. The SMILES string of the molecule is Cc1c(CN2CCNCC2)c(C)c(S(=O)(=O)F)c(C)c1B(O)O. The highest BCUT2D eigenvalue weighted by atomic mass is 32.3. The second-order valence-corrected chi connectivity index (χ2v) is 7.22. The van der Waals surface area contributed by atoms with Gasteiger partial charge in [-0.1, -0.05) is 0 Å². The Balaban J connectivity index is 2.62. The number of benzene rings is 1. The van der Waals surface area contributed by atoms with Crippen LogP contribution in [0.2, 0.25) is 0 Å². The highest BCUT2D eigenvalue weighted by Gasteiger charge is 2.30. The second kappa shape index (κ2) is 6.86. The van der Waals surface area contributed by atoms with E-state index in [0.29, 0.717) is 23.2 Å². The molecule has 9 heteroatoms. The number of hydrogen-bond acceptors (Lipinski definition) is 6. The molecule has 2 rings (SSSR count). The van der Waals surface area contributed by atoms with E-state index in [4.69, 9.17) is 0 Å². The summed E-state index contributed by atoms with van der Waals surface area (Å²) in [6, 6.07) is 0. The summed E-state index contributed by atoms with van der Waals surface area (Å²) >= 11 is 0. The minimum atomic E-state index is -4.95. The fraction of sp³-hybridized carbons (Fsp3) is 0.571. The summed E-state index contributed by atoms with van der Waals surface area (Å²) in [4.78, 5) is 1.68. The summed E-state index contributed by atoms with van der Waals surface area (Å²) in [7, 11) is -6.80. The molecule has 0 aromatic heterocycles. The van der Waals surface area contributed by atoms with E-state index in [-0.39, 0.29) is 11.0 Å². The standard InChI is InChI=1S/C14H22BFN2O4S/c1-9-12(8-18-6-4-17-5-7-18)10(2)14(23(16,21)22)11(3)13(9)15(19)20/h17,19-20H,4-8H2,1-3H3. The third-order valence-corrected chi connectivity index (χ3v) is 5.59. The van der Waals surface area contributed by atoms with Crippen molar-refractivity contribution in [3.63, 3.8) is 0 Å². The summed E-state index contributed by atoms with van der Waals surface area (Å²) in [5.74, 6) is 0. The number of nitrogens with one attached hydrogen (secondary N) is 1. The number of hydrogen-bond donors (Lipinski definition) is 3. The first-order chi connectivity index (χ1) is 10.6. The van der Waals surface area contributed by atoms with Gasteiger partial charge < -0.3 is 15.4 Å². The molecule has 1 aliphatic heterocycles. The molecule has 1 saturated heterocycles. The van der Waals surface area contributed by atoms with Crippen LogP contribution in [-0.2, 0) is 16.8 Å². The van der Waals surface area contributed by atoms with Gasteiger partial charge in [0, 0.05) is 32.7 Å². The first-order valence-corrected chi connectivity index (χ1v) is 8.89. The van der Waals surface area contributed by atoms with Gasteiger partial charge in [0.2, 0.25) is 0 Å². The molecule has 1 heterocycles. The molecular weight excluding hydrogens is 322 g/mol. The predicted octanol–water partition coefficient (Wildman–Crippen LogP) is -0.645. The normalized spacial score (nSPS) is 16.6. The smallest absolute Gasteiger partial charge is 0.423 e. The van der Waals surface area contributed by atoms with Crippen molar-refractivity contribution >= 4 is 22.8 Å². The van der Waals surface area contributed by atoms with Crippen LogP contribution >= 0.6 is 0 Å². The molecule has 0 atom stereocenters. The third-order valence-electron chi connectivity index (χ3n) is 4.49. The lowest BCUT2D eigenvalue weighted by Gasteiger charge is -2.30. The van der Waals surface area contributed by atoms with E-state index in [0.717, 1.165) is 26.2 Å². The molecule has 0 bridgehead atoms.